The lowest BCUT2D eigenvalue weighted by molar-refractivity contribution is 0.0272. The first-order valence-electron chi connectivity index (χ1n) is 7.52. The molecule has 24 heavy (non-hydrogen) atoms. The van der Waals surface area contributed by atoms with E-state index in [1.807, 2.05) is 12.1 Å². The van der Waals surface area contributed by atoms with E-state index in [4.69, 9.17) is 4.74 Å². The number of ether oxygens (including phenoxy) is 1. The van der Waals surface area contributed by atoms with Gasteiger partial charge in [0.25, 0.3) is 0 Å². The van der Waals surface area contributed by atoms with Crippen molar-refractivity contribution in [3.63, 3.8) is 0 Å². The fourth-order valence-corrected chi connectivity index (χ4v) is 2.28. The van der Waals surface area contributed by atoms with Gasteiger partial charge in [-0.05, 0) is 24.3 Å². The number of carbonyl (C=O) groups is 2. The molecule has 1 unspecified atom stereocenters. The number of ketones is 1. The molecule has 0 saturated carbocycles. The Morgan fingerprint density at radius 1 is 0.750 bits per heavy atom. The van der Waals surface area contributed by atoms with Gasteiger partial charge in [0, 0.05) is 11.8 Å². The largest absolute Gasteiger partial charge is 0.444 e. The second kappa shape index (κ2) is 7.33. The van der Waals surface area contributed by atoms with Crippen LogP contribution in [0.4, 0.5) is 0 Å². The van der Waals surface area contributed by atoms with Crippen molar-refractivity contribution in [3.05, 3.63) is 102 Å². The second-order valence-corrected chi connectivity index (χ2v) is 5.14. The van der Waals surface area contributed by atoms with Gasteiger partial charge in [-0.1, -0.05) is 54.6 Å². The summed E-state index contributed by atoms with van der Waals surface area (Å²) in [4.78, 5) is 29.3. The molecule has 3 aromatic rings. The van der Waals surface area contributed by atoms with E-state index in [9.17, 15) is 9.59 Å². The standard InChI is InChI=1S/C20H15NO3/c22-18(15-9-3-1-4-10-15)19(17-13-7-8-14-21-17)24-20(23)16-11-5-2-6-12-16/h1-14,19H. The molecule has 0 bridgehead atoms. The van der Waals surface area contributed by atoms with Gasteiger partial charge in [0.1, 0.15) is 0 Å². The Balaban J connectivity index is 1.91. The predicted molar refractivity (Wildman–Crippen MR) is 89.6 cm³/mol. The summed E-state index contributed by atoms with van der Waals surface area (Å²) in [5, 5.41) is 0. The molecule has 4 nitrogen and oxygen atoms in total. The van der Waals surface area contributed by atoms with Crippen LogP contribution < -0.4 is 0 Å². The van der Waals surface area contributed by atoms with Crippen molar-refractivity contribution in [1.29, 1.82) is 0 Å². The van der Waals surface area contributed by atoms with Gasteiger partial charge in [-0.2, -0.15) is 0 Å². The first-order chi connectivity index (χ1) is 11.8. The minimum absolute atomic E-state index is 0.307. The van der Waals surface area contributed by atoms with E-state index in [-0.39, 0.29) is 5.78 Å². The minimum atomic E-state index is -1.08. The number of hydrogen-bond donors (Lipinski definition) is 0. The monoisotopic (exact) mass is 317 g/mol. The highest BCUT2D eigenvalue weighted by atomic mass is 16.5. The molecular weight excluding hydrogens is 302 g/mol. The smallest absolute Gasteiger partial charge is 0.339 e. The number of carbonyl (C=O) groups excluding carboxylic acids is 2. The van der Waals surface area contributed by atoms with Crippen LogP contribution in [0.25, 0.3) is 0 Å². The number of esters is 1. The van der Waals surface area contributed by atoms with Gasteiger partial charge in [-0.15, -0.1) is 0 Å². The average Bonchev–Trinajstić information content (AvgIpc) is 2.67. The van der Waals surface area contributed by atoms with E-state index in [2.05, 4.69) is 4.98 Å². The number of pyridine rings is 1. The molecule has 0 aliphatic rings. The number of hydrogen-bond acceptors (Lipinski definition) is 4. The Morgan fingerprint density at radius 3 is 1.92 bits per heavy atom. The topological polar surface area (TPSA) is 56.3 Å². The number of nitrogens with zero attached hydrogens (tertiary/aromatic N) is 1. The first kappa shape index (κ1) is 15.6. The Hall–Kier alpha value is -3.27. The number of Topliss-reactive ketones (excluding diaryl/α,β-unsaturated/α-hetero) is 1. The molecular formula is C20H15NO3. The number of aromatic nitrogens is 1. The summed E-state index contributed by atoms with van der Waals surface area (Å²) in [5.41, 5.74) is 1.25. The van der Waals surface area contributed by atoms with Gasteiger partial charge in [-0.3, -0.25) is 9.78 Å². The highest BCUT2D eigenvalue weighted by molar-refractivity contribution is 6.01. The van der Waals surface area contributed by atoms with E-state index in [1.165, 1.54) is 0 Å². The van der Waals surface area contributed by atoms with Crippen molar-refractivity contribution in [2.75, 3.05) is 0 Å². The van der Waals surface area contributed by atoms with Crippen LogP contribution in [0.3, 0.4) is 0 Å². The van der Waals surface area contributed by atoms with Crippen molar-refractivity contribution in [2.45, 2.75) is 6.10 Å². The van der Waals surface area contributed by atoms with Crippen LogP contribution >= 0.6 is 0 Å². The molecule has 1 heterocycles. The molecule has 0 aliphatic carbocycles. The maximum atomic E-state index is 12.8. The summed E-state index contributed by atoms with van der Waals surface area (Å²) in [7, 11) is 0. The molecule has 0 amide bonds. The van der Waals surface area contributed by atoms with Crippen molar-refractivity contribution in [1.82, 2.24) is 4.98 Å². The van der Waals surface area contributed by atoms with Crippen molar-refractivity contribution < 1.29 is 14.3 Å². The van der Waals surface area contributed by atoms with Gasteiger partial charge in [-0.25, -0.2) is 4.79 Å². The van der Waals surface area contributed by atoms with E-state index < -0.39 is 12.1 Å². The molecule has 0 radical (unpaired) electrons. The van der Waals surface area contributed by atoms with Gasteiger partial charge >= 0.3 is 5.97 Å². The Kier molecular flexibility index (Phi) is 4.77. The summed E-state index contributed by atoms with van der Waals surface area (Å²) in [6.07, 6.45) is 0.484. The van der Waals surface area contributed by atoms with Crippen LogP contribution in [0.15, 0.2) is 85.1 Å². The summed E-state index contributed by atoms with van der Waals surface area (Å²) >= 11 is 0. The molecule has 118 valence electrons. The summed E-state index contributed by atoms with van der Waals surface area (Å²) in [6, 6.07) is 22.5. The summed E-state index contributed by atoms with van der Waals surface area (Å²) < 4.78 is 5.49. The van der Waals surface area contributed by atoms with Gasteiger partial charge in [0.05, 0.1) is 11.3 Å². The van der Waals surface area contributed by atoms with Crippen LogP contribution in [0, 0.1) is 0 Å². The highest BCUT2D eigenvalue weighted by Crippen LogP contribution is 2.22. The van der Waals surface area contributed by atoms with Crippen LogP contribution in [0.5, 0.6) is 0 Å². The van der Waals surface area contributed by atoms with Crippen LogP contribution in [-0.2, 0) is 4.74 Å². The maximum absolute atomic E-state index is 12.8. The van der Waals surface area contributed by atoms with Crippen LogP contribution in [0.1, 0.15) is 32.5 Å². The zero-order chi connectivity index (χ0) is 16.8. The van der Waals surface area contributed by atoms with Crippen LogP contribution in [0.2, 0.25) is 0 Å². The third kappa shape index (κ3) is 3.55. The predicted octanol–water partition coefficient (Wildman–Crippen LogP) is 3.86. The third-order valence-electron chi connectivity index (χ3n) is 3.49. The zero-order valence-corrected chi connectivity index (χ0v) is 12.8. The third-order valence-corrected chi connectivity index (χ3v) is 3.49. The summed E-state index contributed by atoms with van der Waals surface area (Å²) in [6.45, 7) is 0. The molecule has 1 atom stereocenters. The number of benzene rings is 2. The van der Waals surface area contributed by atoms with Crippen molar-refractivity contribution >= 4 is 11.8 Å². The zero-order valence-electron chi connectivity index (χ0n) is 12.8. The van der Waals surface area contributed by atoms with Crippen molar-refractivity contribution in [2.24, 2.45) is 0 Å². The lowest BCUT2D eigenvalue weighted by atomic mass is 10.0. The lowest BCUT2D eigenvalue weighted by Gasteiger charge is -2.16. The van der Waals surface area contributed by atoms with E-state index in [0.29, 0.717) is 16.8 Å². The van der Waals surface area contributed by atoms with E-state index >= 15 is 0 Å². The van der Waals surface area contributed by atoms with Gasteiger partial charge in [0.2, 0.25) is 11.9 Å². The summed E-state index contributed by atoms with van der Waals surface area (Å²) in [5.74, 6) is -0.867. The molecule has 0 aliphatic heterocycles. The Labute approximate surface area is 139 Å². The molecule has 0 fully saturated rings. The molecule has 0 N–H and O–H groups in total. The normalized spacial score (nSPS) is 11.5. The number of rotatable bonds is 5. The average molecular weight is 317 g/mol. The highest BCUT2D eigenvalue weighted by Gasteiger charge is 2.27. The molecule has 0 spiro atoms. The lowest BCUT2D eigenvalue weighted by Crippen LogP contribution is -2.21. The van der Waals surface area contributed by atoms with Crippen molar-refractivity contribution in [3.8, 4) is 0 Å². The SMILES string of the molecule is O=C(OC(C(=O)c1ccccc1)c1ccccn1)c1ccccc1. The molecule has 1 aromatic heterocycles. The molecule has 2 aromatic carbocycles. The van der Waals surface area contributed by atoms with E-state index in [0.717, 1.165) is 0 Å². The molecule has 0 saturated heterocycles. The maximum Gasteiger partial charge on any atom is 0.339 e. The fourth-order valence-electron chi connectivity index (χ4n) is 2.28. The van der Waals surface area contributed by atoms with Gasteiger partial charge < -0.3 is 4.74 Å². The minimum Gasteiger partial charge on any atom is -0.444 e. The fraction of sp³-hybridized carbons (Fsp3) is 0.0500. The molecule has 3 rings (SSSR count). The van der Waals surface area contributed by atoms with E-state index in [1.54, 1.807) is 72.9 Å². The molecule has 4 heteroatoms. The second-order valence-electron chi connectivity index (χ2n) is 5.14. The van der Waals surface area contributed by atoms with Crippen LogP contribution in [-0.4, -0.2) is 16.7 Å². The quantitative estimate of drug-likeness (QED) is 0.529. The Bertz CT molecular complexity index is 817. The Morgan fingerprint density at radius 2 is 1.33 bits per heavy atom. The van der Waals surface area contributed by atoms with Gasteiger partial charge in [0.15, 0.2) is 0 Å². The first-order valence-corrected chi connectivity index (χ1v) is 7.52.